The standard InChI is InChI=1S/C14H30N2O2/c1-2-10-15-11-8-6-4-3-5-7-9-12-16-13-14(17)18/h15-16H,2-13H2,1H3,(H,17,18). The van der Waals surface area contributed by atoms with Crippen LogP contribution in [0.5, 0.6) is 0 Å². The van der Waals surface area contributed by atoms with Gasteiger partial charge in [0.25, 0.3) is 0 Å². The van der Waals surface area contributed by atoms with Crippen molar-refractivity contribution < 1.29 is 9.90 Å². The molecule has 0 radical (unpaired) electrons. The number of hydrogen-bond acceptors (Lipinski definition) is 3. The molecule has 0 amide bonds. The van der Waals surface area contributed by atoms with Gasteiger partial charge in [0.1, 0.15) is 0 Å². The lowest BCUT2D eigenvalue weighted by atomic mass is 10.1. The molecule has 0 aliphatic rings. The first-order valence-corrected chi connectivity index (χ1v) is 7.40. The highest BCUT2D eigenvalue weighted by Crippen LogP contribution is 2.06. The fraction of sp³-hybridized carbons (Fsp3) is 0.929. The van der Waals surface area contributed by atoms with E-state index < -0.39 is 5.97 Å². The minimum atomic E-state index is -0.772. The maximum absolute atomic E-state index is 10.2. The zero-order chi connectivity index (χ0) is 13.5. The van der Waals surface area contributed by atoms with E-state index in [1.54, 1.807) is 0 Å². The van der Waals surface area contributed by atoms with Crippen molar-refractivity contribution in [1.82, 2.24) is 10.6 Å². The summed E-state index contributed by atoms with van der Waals surface area (Å²) in [7, 11) is 0. The van der Waals surface area contributed by atoms with Crippen molar-refractivity contribution >= 4 is 5.97 Å². The van der Waals surface area contributed by atoms with Gasteiger partial charge in [0.2, 0.25) is 0 Å². The van der Waals surface area contributed by atoms with Crippen LogP contribution in [0.15, 0.2) is 0 Å². The second-order valence-electron chi connectivity index (χ2n) is 4.80. The van der Waals surface area contributed by atoms with Crippen LogP contribution >= 0.6 is 0 Å². The van der Waals surface area contributed by atoms with Crippen molar-refractivity contribution in [3.8, 4) is 0 Å². The Balaban J connectivity index is 2.92. The third kappa shape index (κ3) is 15.4. The molecule has 0 aliphatic heterocycles. The van der Waals surface area contributed by atoms with Crippen LogP contribution in [-0.2, 0) is 4.79 Å². The molecule has 0 aromatic rings. The van der Waals surface area contributed by atoms with Crippen molar-refractivity contribution in [2.45, 2.75) is 58.3 Å². The molecule has 0 spiro atoms. The smallest absolute Gasteiger partial charge is 0.317 e. The van der Waals surface area contributed by atoms with E-state index in [0.29, 0.717) is 0 Å². The zero-order valence-electron chi connectivity index (χ0n) is 11.8. The quantitative estimate of drug-likeness (QED) is 0.419. The summed E-state index contributed by atoms with van der Waals surface area (Å²) in [6.07, 6.45) is 10.1. The molecule has 0 aliphatic carbocycles. The van der Waals surface area contributed by atoms with Crippen molar-refractivity contribution in [3.63, 3.8) is 0 Å². The number of unbranched alkanes of at least 4 members (excludes halogenated alkanes) is 6. The molecule has 0 aromatic heterocycles. The number of rotatable bonds is 14. The molecule has 0 unspecified atom stereocenters. The highest BCUT2D eigenvalue weighted by molar-refractivity contribution is 5.68. The van der Waals surface area contributed by atoms with E-state index in [0.717, 1.165) is 26.1 Å². The fourth-order valence-electron chi connectivity index (χ4n) is 1.88. The summed E-state index contributed by atoms with van der Waals surface area (Å²) < 4.78 is 0. The van der Waals surface area contributed by atoms with Gasteiger partial charge in [0, 0.05) is 0 Å². The molecule has 0 saturated heterocycles. The van der Waals surface area contributed by atoms with Crippen LogP contribution in [0.1, 0.15) is 58.3 Å². The second-order valence-corrected chi connectivity index (χ2v) is 4.80. The summed E-state index contributed by atoms with van der Waals surface area (Å²) in [6, 6.07) is 0. The topological polar surface area (TPSA) is 61.4 Å². The summed E-state index contributed by atoms with van der Waals surface area (Å²) in [5.41, 5.74) is 0. The maximum atomic E-state index is 10.2. The minimum Gasteiger partial charge on any atom is -0.480 e. The number of carboxylic acids is 1. The van der Waals surface area contributed by atoms with Crippen molar-refractivity contribution in [2.24, 2.45) is 0 Å². The number of nitrogens with one attached hydrogen (secondary N) is 2. The number of carboxylic acid groups (broad SMARTS) is 1. The van der Waals surface area contributed by atoms with E-state index in [1.165, 1.54) is 44.9 Å². The van der Waals surface area contributed by atoms with Crippen LogP contribution in [-0.4, -0.2) is 37.3 Å². The molecule has 4 nitrogen and oxygen atoms in total. The Morgan fingerprint density at radius 2 is 1.33 bits per heavy atom. The van der Waals surface area contributed by atoms with Gasteiger partial charge < -0.3 is 15.7 Å². The lowest BCUT2D eigenvalue weighted by Crippen LogP contribution is -2.23. The van der Waals surface area contributed by atoms with Crippen molar-refractivity contribution in [2.75, 3.05) is 26.2 Å². The molecule has 0 aromatic carbocycles. The average molecular weight is 258 g/mol. The van der Waals surface area contributed by atoms with E-state index in [4.69, 9.17) is 5.11 Å². The van der Waals surface area contributed by atoms with Crippen LogP contribution in [0.25, 0.3) is 0 Å². The number of aliphatic carboxylic acids is 1. The van der Waals surface area contributed by atoms with Gasteiger partial charge in [-0.2, -0.15) is 0 Å². The third-order valence-electron chi connectivity index (χ3n) is 2.91. The van der Waals surface area contributed by atoms with Gasteiger partial charge >= 0.3 is 5.97 Å². The second kappa shape index (κ2) is 14.5. The average Bonchev–Trinajstić information content (AvgIpc) is 2.34. The highest BCUT2D eigenvalue weighted by Gasteiger charge is 1.95. The van der Waals surface area contributed by atoms with Gasteiger partial charge in [-0.1, -0.05) is 39.0 Å². The summed E-state index contributed by atoms with van der Waals surface area (Å²) in [5, 5.41) is 14.7. The molecule has 4 heteroatoms. The van der Waals surface area contributed by atoms with Gasteiger partial charge in [-0.15, -0.1) is 0 Å². The van der Waals surface area contributed by atoms with E-state index in [-0.39, 0.29) is 6.54 Å². The SMILES string of the molecule is CCCNCCCCCCCCCNCC(=O)O. The Labute approximate surface area is 112 Å². The van der Waals surface area contributed by atoms with E-state index in [1.807, 2.05) is 0 Å². The Morgan fingerprint density at radius 1 is 0.833 bits per heavy atom. The van der Waals surface area contributed by atoms with Gasteiger partial charge in [-0.05, 0) is 38.9 Å². The molecule has 0 fully saturated rings. The van der Waals surface area contributed by atoms with Gasteiger partial charge in [-0.3, -0.25) is 4.79 Å². The highest BCUT2D eigenvalue weighted by atomic mass is 16.4. The molecule has 0 atom stereocenters. The zero-order valence-corrected chi connectivity index (χ0v) is 11.8. The van der Waals surface area contributed by atoms with Crippen molar-refractivity contribution in [3.05, 3.63) is 0 Å². The van der Waals surface area contributed by atoms with Crippen LogP contribution in [0, 0.1) is 0 Å². The molecule has 0 bridgehead atoms. The predicted molar refractivity (Wildman–Crippen MR) is 76.0 cm³/mol. The van der Waals surface area contributed by atoms with E-state index in [2.05, 4.69) is 17.6 Å². The van der Waals surface area contributed by atoms with Gasteiger partial charge in [-0.25, -0.2) is 0 Å². The first kappa shape index (κ1) is 17.4. The van der Waals surface area contributed by atoms with Crippen LogP contribution in [0.4, 0.5) is 0 Å². The normalized spacial score (nSPS) is 10.7. The minimum absolute atomic E-state index is 0.0881. The molecule has 108 valence electrons. The van der Waals surface area contributed by atoms with E-state index in [9.17, 15) is 4.79 Å². The lowest BCUT2D eigenvalue weighted by Gasteiger charge is -2.04. The van der Waals surface area contributed by atoms with Gasteiger partial charge in [0.15, 0.2) is 0 Å². The molecule has 0 saturated carbocycles. The maximum Gasteiger partial charge on any atom is 0.317 e. The lowest BCUT2D eigenvalue weighted by molar-refractivity contribution is -0.135. The Kier molecular flexibility index (Phi) is 14.0. The summed E-state index contributed by atoms with van der Waals surface area (Å²) >= 11 is 0. The van der Waals surface area contributed by atoms with E-state index >= 15 is 0 Å². The Morgan fingerprint density at radius 3 is 1.83 bits per heavy atom. The molecule has 0 heterocycles. The number of carbonyl (C=O) groups is 1. The monoisotopic (exact) mass is 258 g/mol. The predicted octanol–water partition coefficient (Wildman–Crippen LogP) is 2.39. The molecular weight excluding hydrogens is 228 g/mol. The Hall–Kier alpha value is -0.610. The van der Waals surface area contributed by atoms with Crippen LogP contribution < -0.4 is 10.6 Å². The van der Waals surface area contributed by atoms with Crippen molar-refractivity contribution in [1.29, 1.82) is 0 Å². The first-order chi connectivity index (χ1) is 8.77. The third-order valence-corrected chi connectivity index (χ3v) is 2.91. The first-order valence-electron chi connectivity index (χ1n) is 7.40. The summed E-state index contributed by atoms with van der Waals surface area (Å²) in [6.45, 7) is 5.41. The van der Waals surface area contributed by atoms with Crippen LogP contribution in [0.2, 0.25) is 0 Å². The number of hydrogen-bond donors (Lipinski definition) is 3. The van der Waals surface area contributed by atoms with Gasteiger partial charge in [0.05, 0.1) is 6.54 Å². The molecule has 3 N–H and O–H groups in total. The molecular formula is C14H30N2O2. The largest absolute Gasteiger partial charge is 0.480 e. The summed E-state index contributed by atoms with van der Waals surface area (Å²) in [4.78, 5) is 10.2. The van der Waals surface area contributed by atoms with Crippen LogP contribution in [0.3, 0.4) is 0 Å². The molecule has 18 heavy (non-hydrogen) atoms. The molecule has 0 rings (SSSR count). The fourth-order valence-corrected chi connectivity index (χ4v) is 1.88. The Bertz CT molecular complexity index is 187. The summed E-state index contributed by atoms with van der Waals surface area (Å²) in [5.74, 6) is -0.772.